The van der Waals surface area contributed by atoms with E-state index in [1.165, 1.54) is 10.9 Å². The Balaban J connectivity index is 1.62. The molecule has 3 aromatic rings. The van der Waals surface area contributed by atoms with Crippen LogP contribution in [0.25, 0.3) is 10.9 Å². The molecule has 1 N–H and O–H groups in total. The van der Waals surface area contributed by atoms with E-state index >= 15 is 0 Å². The van der Waals surface area contributed by atoms with E-state index in [1.807, 2.05) is 29.2 Å². The largest absolute Gasteiger partial charge is 0.497 e. The van der Waals surface area contributed by atoms with Crippen molar-refractivity contribution in [2.75, 3.05) is 47.1 Å². The van der Waals surface area contributed by atoms with E-state index in [1.54, 1.807) is 14.2 Å². The molecule has 7 nitrogen and oxygen atoms in total. The van der Waals surface area contributed by atoms with Gasteiger partial charge in [0.05, 0.1) is 25.3 Å². The second kappa shape index (κ2) is 10.1. The smallest absolute Gasteiger partial charge is 0.248 e. The van der Waals surface area contributed by atoms with Crippen LogP contribution < -0.4 is 4.74 Å². The van der Waals surface area contributed by atoms with Crippen LogP contribution in [0, 0.1) is 0 Å². The minimum atomic E-state index is -0.168. The number of benzene rings is 2. The number of aliphatic hydroxyl groups is 1. The maximum absolute atomic E-state index is 12.6. The van der Waals surface area contributed by atoms with Gasteiger partial charge in [0.15, 0.2) is 0 Å². The van der Waals surface area contributed by atoms with Gasteiger partial charge < -0.3 is 24.0 Å². The number of amides is 1. The summed E-state index contributed by atoms with van der Waals surface area (Å²) in [4.78, 5) is 16.9. The van der Waals surface area contributed by atoms with E-state index in [0.29, 0.717) is 19.6 Å². The van der Waals surface area contributed by atoms with Crippen molar-refractivity contribution in [3.05, 3.63) is 64.3 Å². The molecule has 3 heterocycles. The predicted molar refractivity (Wildman–Crippen MR) is 141 cm³/mol. The van der Waals surface area contributed by atoms with Crippen molar-refractivity contribution in [1.82, 2.24) is 14.4 Å². The summed E-state index contributed by atoms with van der Waals surface area (Å²) in [5.41, 5.74) is 4.42. The first-order chi connectivity index (χ1) is 17.4. The quantitative estimate of drug-likeness (QED) is 0.544. The molecule has 0 unspecified atom stereocenters. The fraction of sp³-hybridized carbons (Fsp3) is 0.464. The van der Waals surface area contributed by atoms with Gasteiger partial charge in [0.2, 0.25) is 5.91 Å². The van der Waals surface area contributed by atoms with Crippen molar-refractivity contribution in [3.63, 3.8) is 0 Å². The topological polar surface area (TPSA) is 67.2 Å². The zero-order valence-electron chi connectivity index (χ0n) is 21.2. The molecule has 1 fully saturated rings. The number of aliphatic hydroxyl groups excluding tert-OH is 1. The highest BCUT2D eigenvalue weighted by Gasteiger charge is 2.48. The molecule has 0 radical (unpaired) electrons. The molecule has 36 heavy (non-hydrogen) atoms. The zero-order valence-corrected chi connectivity index (χ0v) is 21.9. The van der Waals surface area contributed by atoms with Crippen molar-refractivity contribution in [2.45, 2.75) is 30.8 Å². The van der Waals surface area contributed by atoms with Crippen molar-refractivity contribution in [1.29, 1.82) is 0 Å². The molecule has 1 atom stereocenters. The first kappa shape index (κ1) is 25.1. The van der Waals surface area contributed by atoms with E-state index in [9.17, 15) is 9.90 Å². The number of fused-ring (bicyclic) bond motifs is 4. The minimum absolute atomic E-state index is 0.00722. The van der Waals surface area contributed by atoms with Crippen LogP contribution in [0.1, 0.15) is 35.7 Å². The van der Waals surface area contributed by atoms with E-state index < -0.39 is 0 Å². The normalized spacial score (nSPS) is 19.6. The lowest BCUT2D eigenvalue weighted by Gasteiger charge is -2.50. The van der Waals surface area contributed by atoms with Crippen LogP contribution in [0.4, 0.5) is 0 Å². The molecule has 192 valence electrons. The maximum atomic E-state index is 12.6. The molecule has 5 rings (SSSR count). The van der Waals surface area contributed by atoms with E-state index in [2.05, 4.69) is 34.7 Å². The lowest BCUT2D eigenvalue weighted by atomic mass is 9.68. The van der Waals surface area contributed by atoms with Gasteiger partial charge in [0.25, 0.3) is 0 Å². The Morgan fingerprint density at radius 1 is 1.17 bits per heavy atom. The standard InChI is InChI=1S/C28H34ClN3O4/c1-30-23-14-20(36-3)8-9-21(23)26-27(30)24(16-33)32(15-19-6-4-5-7-22(19)29)18-28(26)10-12-31(13-11-28)25(34)17-35-2/h4-9,14,24,33H,10-13,15-18H2,1-3H3/t24-/m1/s1. The molecule has 1 aromatic heterocycles. The number of carbonyl (C=O) groups is 1. The lowest BCUT2D eigenvalue weighted by Crippen LogP contribution is -2.54. The molecule has 0 bridgehead atoms. The van der Waals surface area contributed by atoms with Gasteiger partial charge >= 0.3 is 0 Å². The summed E-state index contributed by atoms with van der Waals surface area (Å²) in [6.45, 7) is 2.90. The van der Waals surface area contributed by atoms with Gasteiger partial charge in [-0.1, -0.05) is 29.8 Å². The van der Waals surface area contributed by atoms with Crippen LogP contribution in [0.5, 0.6) is 5.75 Å². The Labute approximate surface area is 217 Å². The first-order valence-electron chi connectivity index (χ1n) is 12.4. The van der Waals surface area contributed by atoms with Crippen molar-refractivity contribution in [3.8, 4) is 5.75 Å². The average molecular weight is 512 g/mol. The van der Waals surface area contributed by atoms with Crippen LogP contribution in [0.3, 0.4) is 0 Å². The lowest BCUT2D eigenvalue weighted by molar-refractivity contribution is -0.137. The van der Waals surface area contributed by atoms with E-state index in [-0.39, 0.29) is 30.6 Å². The number of hydrogen-bond acceptors (Lipinski definition) is 5. The maximum Gasteiger partial charge on any atom is 0.248 e. The monoisotopic (exact) mass is 511 g/mol. The number of aromatic nitrogens is 1. The fourth-order valence-corrected chi connectivity index (χ4v) is 6.48. The highest BCUT2D eigenvalue weighted by molar-refractivity contribution is 6.31. The van der Waals surface area contributed by atoms with Crippen molar-refractivity contribution in [2.24, 2.45) is 7.05 Å². The van der Waals surface area contributed by atoms with Crippen molar-refractivity contribution < 1.29 is 19.4 Å². The Morgan fingerprint density at radius 3 is 2.58 bits per heavy atom. The molecule has 2 aliphatic heterocycles. The highest BCUT2D eigenvalue weighted by atomic mass is 35.5. The summed E-state index contributed by atoms with van der Waals surface area (Å²) in [5.74, 6) is 0.843. The van der Waals surface area contributed by atoms with Crippen molar-refractivity contribution >= 4 is 28.4 Å². The summed E-state index contributed by atoms with van der Waals surface area (Å²) in [7, 11) is 5.32. The summed E-state index contributed by atoms with van der Waals surface area (Å²) >= 11 is 6.56. The summed E-state index contributed by atoms with van der Waals surface area (Å²) in [5, 5.41) is 12.6. The predicted octanol–water partition coefficient (Wildman–Crippen LogP) is 3.90. The SMILES string of the molecule is COCC(=O)N1CCC2(CC1)CN(Cc1ccccc1Cl)[C@H](CO)c1c2c2ccc(OC)cc2n1C. The van der Waals surface area contributed by atoms with Crippen LogP contribution in [0.2, 0.25) is 5.02 Å². The van der Waals surface area contributed by atoms with Crippen LogP contribution >= 0.6 is 11.6 Å². The molecule has 2 aromatic carbocycles. The summed E-state index contributed by atoms with van der Waals surface area (Å²) < 4.78 is 12.9. The van der Waals surface area contributed by atoms with Gasteiger partial charge in [-0.2, -0.15) is 0 Å². The van der Waals surface area contributed by atoms with Gasteiger partial charge in [-0.3, -0.25) is 9.69 Å². The summed E-state index contributed by atoms with van der Waals surface area (Å²) in [6.07, 6.45) is 1.69. The Morgan fingerprint density at radius 2 is 1.92 bits per heavy atom. The molecule has 2 aliphatic rings. The third kappa shape index (κ3) is 4.18. The molecule has 0 saturated carbocycles. The van der Waals surface area contributed by atoms with Crippen LogP contribution in [-0.2, 0) is 28.5 Å². The summed E-state index contributed by atoms with van der Waals surface area (Å²) in [6, 6.07) is 14.0. The Bertz CT molecular complexity index is 1270. The number of ether oxygens (including phenoxy) is 2. The fourth-order valence-electron chi connectivity index (χ4n) is 6.28. The van der Waals surface area contributed by atoms with Crippen LogP contribution in [0.15, 0.2) is 42.5 Å². The van der Waals surface area contributed by atoms with Gasteiger partial charge in [-0.25, -0.2) is 0 Å². The number of likely N-dealkylation sites (tertiary alicyclic amines) is 1. The zero-order chi connectivity index (χ0) is 25.4. The molecule has 0 aliphatic carbocycles. The van der Waals surface area contributed by atoms with E-state index in [0.717, 1.165) is 46.9 Å². The number of methoxy groups -OCH3 is 2. The molecule has 1 spiro atoms. The number of nitrogens with zero attached hydrogens (tertiary/aromatic N) is 3. The van der Waals surface area contributed by atoms with Gasteiger partial charge in [0.1, 0.15) is 12.4 Å². The number of carbonyl (C=O) groups excluding carboxylic acids is 1. The number of aryl methyl sites for hydroxylation is 1. The molecule has 8 heteroatoms. The third-order valence-corrected chi connectivity index (χ3v) is 8.46. The molecular weight excluding hydrogens is 478 g/mol. The third-order valence-electron chi connectivity index (χ3n) is 8.09. The highest BCUT2D eigenvalue weighted by Crippen LogP contribution is 2.50. The number of hydrogen-bond donors (Lipinski definition) is 1. The molecular formula is C28H34ClN3O4. The Hall–Kier alpha value is -2.58. The minimum Gasteiger partial charge on any atom is -0.497 e. The first-order valence-corrected chi connectivity index (χ1v) is 12.8. The Kier molecular flexibility index (Phi) is 7.01. The average Bonchev–Trinajstić information content (AvgIpc) is 3.19. The van der Waals surface area contributed by atoms with E-state index in [4.69, 9.17) is 21.1 Å². The van der Waals surface area contributed by atoms with Gasteiger partial charge in [0, 0.05) is 67.9 Å². The number of piperidine rings is 1. The number of rotatable bonds is 6. The van der Waals surface area contributed by atoms with Gasteiger partial charge in [-0.15, -0.1) is 0 Å². The second-order valence-electron chi connectivity index (χ2n) is 9.99. The van der Waals surface area contributed by atoms with Gasteiger partial charge in [-0.05, 0) is 42.2 Å². The molecule has 1 saturated heterocycles. The number of halogens is 1. The van der Waals surface area contributed by atoms with Crippen LogP contribution in [-0.4, -0.2) is 72.4 Å². The second-order valence-corrected chi connectivity index (χ2v) is 10.4. The molecule has 1 amide bonds.